The standard InChI is InChI=1S/C19H21FN4O2S/c1-23(19(25)22-15-4-5-16(20)14(11-15)12-21)13-17(18-3-2-10-27-18)24-6-8-26-9-7-24/h2-5,10-11,17H,6-9,13H2,1H3,(H,22,25). The van der Waals surface area contributed by atoms with E-state index < -0.39 is 5.82 Å². The van der Waals surface area contributed by atoms with Gasteiger partial charge in [0, 0.05) is 37.2 Å². The number of carbonyl (C=O) groups is 1. The van der Waals surface area contributed by atoms with Crippen LogP contribution < -0.4 is 5.32 Å². The number of anilines is 1. The summed E-state index contributed by atoms with van der Waals surface area (Å²) >= 11 is 1.67. The van der Waals surface area contributed by atoms with Crippen LogP contribution in [-0.2, 0) is 4.74 Å². The summed E-state index contributed by atoms with van der Waals surface area (Å²) in [5, 5.41) is 13.7. The van der Waals surface area contributed by atoms with Crippen LogP contribution >= 0.6 is 11.3 Å². The highest BCUT2D eigenvalue weighted by molar-refractivity contribution is 7.10. The lowest BCUT2D eigenvalue weighted by molar-refractivity contribution is 0.0125. The molecule has 1 N–H and O–H groups in total. The Morgan fingerprint density at radius 1 is 1.44 bits per heavy atom. The lowest BCUT2D eigenvalue weighted by Gasteiger charge is -2.36. The molecule has 3 rings (SSSR count). The van der Waals surface area contributed by atoms with Crippen molar-refractivity contribution in [2.24, 2.45) is 0 Å². The van der Waals surface area contributed by atoms with Crippen LogP contribution in [0, 0.1) is 17.1 Å². The third-order valence-electron chi connectivity index (χ3n) is 4.49. The van der Waals surface area contributed by atoms with Gasteiger partial charge in [-0.2, -0.15) is 5.26 Å². The minimum atomic E-state index is -0.603. The highest BCUT2D eigenvalue weighted by atomic mass is 32.1. The Labute approximate surface area is 161 Å². The molecule has 2 heterocycles. The zero-order valence-corrected chi connectivity index (χ0v) is 15.8. The number of nitriles is 1. The average Bonchev–Trinajstić information content (AvgIpc) is 3.22. The van der Waals surface area contributed by atoms with Crippen molar-refractivity contribution in [1.82, 2.24) is 9.80 Å². The van der Waals surface area contributed by atoms with Gasteiger partial charge in [0.2, 0.25) is 0 Å². The maximum Gasteiger partial charge on any atom is 0.321 e. The lowest BCUT2D eigenvalue weighted by Crippen LogP contribution is -2.44. The van der Waals surface area contributed by atoms with Gasteiger partial charge in [-0.05, 0) is 29.6 Å². The van der Waals surface area contributed by atoms with E-state index >= 15 is 0 Å². The largest absolute Gasteiger partial charge is 0.379 e. The summed E-state index contributed by atoms with van der Waals surface area (Å²) in [4.78, 5) is 17.7. The summed E-state index contributed by atoms with van der Waals surface area (Å²) in [5.41, 5.74) is 0.295. The van der Waals surface area contributed by atoms with E-state index in [0.29, 0.717) is 25.4 Å². The van der Waals surface area contributed by atoms with Crippen molar-refractivity contribution < 1.29 is 13.9 Å². The predicted molar refractivity (Wildman–Crippen MR) is 102 cm³/mol. The second kappa shape index (κ2) is 8.95. The van der Waals surface area contributed by atoms with E-state index in [4.69, 9.17) is 10.00 Å². The van der Waals surface area contributed by atoms with E-state index in [1.54, 1.807) is 29.4 Å². The number of rotatable bonds is 5. The summed E-state index contributed by atoms with van der Waals surface area (Å²) in [5.74, 6) is -0.603. The third kappa shape index (κ3) is 4.83. The van der Waals surface area contributed by atoms with Crippen LogP contribution in [0.15, 0.2) is 35.7 Å². The molecule has 0 saturated carbocycles. The van der Waals surface area contributed by atoms with Crippen molar-refractivity contribution in [2.45, 2.75) is 6.04 Å². The predicted octanol–water partition coefficient (Wildman–Crippen LogP) is 3.30. The van der Waals surface area contributed by atoms with Gasteiger partial charge in [-0.3, -0.25) is 4.90 Å². The van der Waals surface area contributed by atoms with Gasteiger partial charge in [0.1, 0.15) is 11.9 Å². The molecule has 0 radical (unpaired) electrons. The second-order valence-electron chi connectivity index (χ2n) is 6.30. The highest BCUT2D eigenvalue weighted by Gasteiger charge is 2.26. The number of halogens is 1. The Hall–Kier alpha value is -2.47. The van der Waals surface area contributed by atoms with Crippen LogP contribution in [0.2, 0.25) is 0 Å². The molecule has 1 aromatic carbocycles. The van der Waals surface area contributed by atoms with Crippen LogP contribution in [0.25, 0.3) is 0 Å². The first kappa shape index (κ1) is 19.3. The van der Waals surface area contributed by atoms with E-state index in [-0.39, 0.29) is 17.6 Å². The number of morpholine rings is 1. The number of hydrogen-bond acceptors (Lipinski definition) is 5. The van der Waals surface area contributed by atoms with Crippen molar-refractivity contribution >= 4 is 23.1 Å². The first-order valence-corrected chi connectivity index (χ1v) is 9.53. The third-order valence-corrected chi connectivity index (χ3v) is 5.46. The number of benzene rings is 1. The first-order valence-electron chi connectivity index (χ1n) is 8.65. The van der Waals surface area contributed by atoms with Crippen molar-refractivity contribution in [2.75, 3.05) is 45.2 Å². The molecule has 1 aliphatic heterocycles. The van der Waals surface area contributed by atoms with Crippen molar-refractivity contribution in [3.63, 3.8) is 0 Å². The normalized spacial score (nSPS) is 15.7. The summed E-state index contributed by atoms with van der Waals surface area (Å²) < 4.78 is 18.9. The Bertz CT molecular complexity index is 816. The molecule has 2 amide bonds. The van der Waals surface area contributed by atoms with E-state index in [1.165, 1.54) is 23.1 Å². The number of urea groups is 1. The topological polar surface area (TPSA) is 68.6 Å². The quantitative estimate of drug-likeness (QED) is 0.853. The van der Waals surface area contributed by atoms with Gasteiger partial charge in [-0.15, -0.1) is 11.3 Å². The maximum absolute atomic E-state index is 13.4. The summed E-state index contributed by atoms with van der Waals surface area (Å²) in [6.45, 7) is 3.52. The summed E-state index contributed by atoms with van der Waals surface area (Å²) in [6, 6.07) is 9.60. The van der Waals surface area contributed by atoms with Crippen molar-refractivity contribution in [3.8, 4) is 6.07 Å². The summed E-state index contributed by atoms with van der Waals surface area (Å²) in [7, 11) is 1.73. The summed E-state index contributed by atoms with van der Waals surface area (Å²) in [6.07, 6.45) is 0. The fraction of sp³-hybridized carbons (Fsp3) is 0.368. The van der Waals surface area contributed by atoms with Gasteiger partial charge in [0.25, 0.3) is 0 Å². The number of hydrogen-bond donors (Lipinski definition) is 1. The molecule has 142 valence electrons. The second-order valence-corrected chi connectivity index (χ2v) is 7.28. The number of thiophene rings is 1. The van der Waals surface area contributed by atoms with Crippen LogP contribution in [0.5, 0.6) is 0 Å². The monoisotopic (exact) mass is 388 g/mol. The fourth-order valence-electron chi connectivity index (χ4n) is 3.01. The Morgan fingerprint density at radius 2 is 2.22 bits per heavy atom. The molecule has 1 aromatic heterocycles. The molecule has 27 heavy (non-hydrogen) atoms. The first-order chi connectivity index (χ1) is 13.1. The Kier molecular flexibility index (Phi) is 6.40. The molecule has 1 unspecified atom stereocenters. The smallest absolute Gasteiger partial charge is 0.321 e. The molecule has 1 aliphatic rings. The average molecular weight is 388 g/mol. The molecule has 6 nitrogen and oxygen atoms in total. The molecule has 1 saturated heterocycles. The number of ether oxygens (including phenoxy) is 1. The molecule has 0 bridgehead atoms. The number of nitrogens with one attached hydrogen (secondary N) is 1. The molecule has 1 atom stereocenters. The number of nitrogens with zero attached hydrogens (tertiary/aromatic N) is 3. The zero-order chi connectivity index (χ0) is 19.2. The highest BCUT2D eigenvalue weighted by Crippen LogP contribution is 2.27. The molecule has 0 spiro atoms. The SMILES string of the molecule is CN(CC(c1cccs1)N1CCOCC1)C(=O)Nc1ccc(F)c(C#N)c1. The molecular weight excluding hydrogens is 367 g/mol. The Balaban J connectivity index is 1.68. The zero-order valence-electron chi connectivity index (χ0n) is 15.0. The van der Waals surface area contributed by atoms with Gasteiger partial charge in [-0.1, -0.05) is 6.07 Å². The van der Waals surface area contributed by atoms with Crippen LogP contribution in [0.3, 0.4) is 0 Å². The Morgan fingerprint density at radius 3 is 2.89 bits per heavy atom. The van der Waals surface area contributed by atoms with E-state index in [1.807, 2.05) is 11.4 Å². The molecule has 8 heteroatoms. The van der Waals surface area contributed by atoms with E-state index in [9.17, 15) is 9.18 Å². The van der Waals surface area contributed by atoms with Gasteiger partial charge in [0.15, 0.2) is 0 Å². The van der Waals surface area contributed by atoms with Gasteiger partial charge < -0.3 is 15.0 Å². The van der Waals surface area contributed by atoms with Crippen LogP contribution in [0.1, 0.15) is 16.5 Å². The fourth-order valence-corrected chi connectivity index (χ4v) is 3.86. The maximum atomic E-state index is 13.4. The number of amides is 2. The van der Waals surface area contributed by atoms with Gasteiger partial charge >= 0.3 is 6.03 Å². The van der Waals surface area contributed by atoms with Gasteiger partial charge in [-0.25, -0.2) is 9.18 Å². The molecule has 1 fully saturated rings. The van der Waals surface area contributed by atoms with Crippen molar-refractivity contribution in [1.29, 1.82) is 5.26 Å². The number of carbonyl (C=O) groups excluding carboxylic acids is 1. The molecule has 2 aromatic rings. The van der Waals surface area contributed by atoms with Crippen LogP contribution in [-0.4, -0.2) is 55.7 Å². The minimum absolute atomic E-state index is 0.0903. The number of likely N-dealkylation sites (N-methyl/N-ethyl adjacent to an activating group) is 1. The van der Waals surface area contributed by atoms with Gasteiger partial charge in [0.05, 0.1) is 24.8 Å². The molecule has 0 aliphatic carbocycles. The van der Waals surface area contributed by atoms with Crippen molar-refractivity contribution in [3.05, 3.63) is 52.0 Å². The van der Waals surface area contributed by atoms with Crippen LogP contribution in [0.4, 0.5) is 14.9 Å². The molecular formula is C19H21FN4O2S. The van der Waals surface area contributed by atoms with E-state index in [2.05, 4.69) is 16.3 Å². The van der Waals surface area contributed by atoms with E-state index in [0.717, 1.165) is 13.1 Å². The minimum Gasteiger partial charge on any atom is -0.379 e. The lowest BCUT2D eigenvalue weighted by atomic mass is 10.1.